The topological polar surface area (TPSA) is 64.6 Å². The van der Waals surface area contributed by atoms with Gasteiger partial charge in [-0.1, -0.05) is 30.3 Å². The molecule has 0 saturated carbocycles. The summed E-state index contributed by atoms with van der Waals surface area (Å²) < 4.78 is 11.8. The fourth-order valence-electron chi connectivity index (χ4n) is 2.40. The third-order valence-electron chi connectivity index (χ3n) is 3.43. The molecular formula is C16H15NO4. The van der Waals surface area contributed by atoms with Gasteiger partial charge in [0.05, 0.1) is 19.2 Å². The van der Waals surface area contributed by atoms with Crippen LogP contribution in [-0.2, 0) is 6.54 Å². The van der Waals surface area contributed by atoms with Crippen LogP contribution in [0.1, 0.15) is 11.7 Å². The largest absolute Gasteiger partial charge is 0.496 e. The molecule has 21 heavy (non-hydrogen) atoms. The van der Waals surface area contributed by atoms with Crippen LogP contribution in [0.5, 0.6) is 5.75 Å². The van der Waals surface area contributed by atoms with Crippen molar-refractivity contribution >= 4 is 11.1 Å². The number of aliphatic hydroxyl groups is 1. The highest BCUT2D eigenvalue weighted by molar-refractivity contribution is 5.72. The van der Waals surface area contributed by atoms with Crippen molar-refractivity contribution in [1.82, 2.24) is 4.57 Å². The Labute approximate surface area is 121 Å². The summed E-state index contributed by atoms with van der Waals surface area (Å²) in [6, 6.07) is 14.3. The summed E-state index contributed by atoms with van der Waals surface area (Å²) in [7, 11) is 1.55. The van der Waals surface area contributed by atoms with Crippen molar-refractivity contribution in [3.05, 3.63) is 64.6 Å². The van der Waals surface area contributed by atoms with Gasteiger partial charge in [-0.3, -0.25) is 4.57 Å². The molecule has 0 fully saturated rings. The minimum absolute atomic E-state index is 0.107. The van der Waals surface area contributed by atoms with Crippen LogP contribution in [-0.4, -0.2) is 16.8 Å². The summed E-state index contributed by atoms with van der Waals surface area (Å²) in [4.78, 5) is 11.9. The van der Waals surface area contributed by atoms with Crippen LogP contribution in [0, 0.1) is 0 Å². The van der Waals surface area contributed by atoms with Crippen molar-refractivity contribution in [2.75, 3.05) is 7.11 Å². The Morgan fingerprint density at radius 3 is 2.71 bits per heavy atom. The van der Waals surface area contributed by atoms with Gasteiger partial charge in [0.1, 0.15) is 11.9 Å². The van der Waals surface area contributed by atoms with E-state index in [2.05, 4.69) is 0 Å². The molecule has 0 saturated heterocycles. The molecule has 0 amide bonds. The zero-order valence-corrected chi connectivity index (χ0v) is 11.5. The molecule has 5 heteroatoms. The first-order valence-corrected chi connectivity index (χ1v) is 6.60. The summed E-state index contributed by atoms with van der Waals surface area (Å²) in [5.74, 6) is 0.107. The second kappa shape index (κ2) is 5.46. The molecule has 1 N–H and O–H groups in total. The number of aliphatic hydroxyl groups excluding tert-OH is 1. The Hall–Kier alpha value is -2.53. The summed E-state index contributed by atoms with van der Waals surface area (Å²) in [5.41, 5.74) is 1.81. The molecule has 0 radical (unpaired) electrons. The lowest BCUT2D eigenvalue weighted by molar-refractivity contribution is 0.151. The van der Waals surface area contributed by atoms with Gasteiger partial charge in [0, 0.05) is 5.56 Å². The number of hydrogen-bond acceptors (Lipinski definition) is 4. The van der Waals surface area contributed by atoms with Gasteiger partial charge in [-0.2, -0.15) is 0 Å². The number of oxazole rings is 1. The number of aromatic nitrogens is 1. The van der Waals surface area contributed by atoms with E-state index in [9.17, 15) is 9.90 Å². The fourth-order valence-corrected chi connectivity index (χ4v) is 2.40. The lowest BCUT2D eigenvalue weighted by atomic mass is 10.1. The van der Waals surface area contributed by atoms with E-state index in [-0.39, 0.29) is 6.54 Å². The van der Waals surface area contributed by atoms with Crippen LogP contribution >= 0.6 is 0 Å². The molecule has 0 aliphatic carbocycles. The quantitative estimate of drug-likeness (QED) is 0.799. The SMILES string of the molecule is COc1ccccc1C(O)Cn1c(=O)oc2ccccc21. The molecule has 1 aromatic heterocycles. The molecule has 5 nitrogen and oxygen atoms in total. The Morgan fingerprint density at radius 1 is 1.19 bits per heavy atom. The van der Waals surface area contributed by atoms with Gasteiger partial charge in [0.25, 0.3) is 0 Å². The molecule has 2 aromatic carbocycles. The van der Waals surface area contributed by atoms with Gasteiger partial charge >= 0.3 is 5.76 Å². The predicted molar refractivity (Wildman–Crippen MR) is 78.4 cm³/mol. The summed E-state index contributed by atoms with van der Waals surface area (Å²) >= 11 is 0. The van der Waals surface area contributed by atoms with Gasteiger partial charge < -0.3 is 14.3 Å². The van der Waals surface area contributed by atoms with Crippen LogP contribution in [0.25, 0.3) is 11.1 Å². The predicted octanol–water partition coefficient (Wildman–Crippen LogP) is 2.34. The van der Waals surface area contributed by atoms with Gasteiger partial charge in [-0.05, 0) is 18.2 Å². The fraction of sp³-hybridized carbons (Fsp3) is 0.188. The van der Waals surface area contributed by atoms with E-state index in [1.807, 2.05) is 18.2 Å². The maximum atomic E-state index is 11.9. The second-order valence-corrected chi connectivity index (χ2v) is 4.70. The molecule has 1 unspecified atom stereocenters. The minimum Gasteiger partial charge on any atom is -0.496 e. The molecule has 3 rings (SSSR count). The monoisotopic (exact) mass is 285 g/mol. The molecule has 0 aliphatic heterocycles. The summed E-state index contributed by atoms with van der Waals surface area (Å²) in [5, 5.41) is 10.4. The van der Waals surface area contributed by atoms with Gasteiger partial charge in [-0.25, -0.2) is 4.79 Å². The van der Waals surface area contributed by atoms with Crippen LogP contribution < -0.4 is 10.5 Å². The first-order chi connectivity index (χ1) is 10.2. The second-order valence-electron chi connectivity index (χ2n) is 4.70. The number of fused-ring (bicyclic) bond motifs is 1. The van der Waals surface area contributed by atoms with E-state index in [1.165, 1.54) is 4.57 Å². The van der Waals surface area contributed by atoms with Crippen molar-refractivity contribution in [2.45, 2.75) is 12.6 Å². The third-order valence-corrected chi connectivity index (χ3v) is 3.43. The third kappa shape index (κ3) is 2.43. The standard InChI is InChI=1S/C16H15NO4/c1-20-14-8-4-2-6-11(14)13(18)10-17-12-7-3-5-9-15(12)21-16(17)19/h2-9,13,18H,10H2,1H3. The molecule has 0 aliphatic rings. The molecule has 108 valence electrons. The van der Waals surface area contributed by atoms with Crippen molar-refractivity contribution in [3.63, 3.8) is 0 Å². The lowest BCUT2D eigenvalue weighted by Gasteiger charge is -2.14. The van der Waals surface area contributed by atoms with Crippen molar-refractivity contribution in [3.8, 4) is 5.75 Å². The lowest BCUT2D eigenvalue weighted by Crippen LogP contribution is -2.19. The summed E-state index contributed by atoms with van der Waals surface area (Å²) in [6.07, 6.45) is -0.861. The molecule has 1 atom stereocenters. The van der Waals surface area contributed by atoms with E-state index < -0.39 is 11.9 Å². The Kier molecular flexibility index (Phi) is 3.50. The number of ether oxygens (including phenoxy) is 1. The van der Waals surface area contributed by atoms with Crippen LogP contribution in [0.3, 0.4) is 0 Å². The number of hydrogen-bond donors (Lipinski definition) is 1. The van der Waals surface area contributed by atoms with Crippen LogP contribution in [0.15, 0.2) is 57.7 Å². The van der Waals surface area contributed by atoms with E-state index in [0.29, 0.717) is 22.4 Å². The van der Waals surface area contributed by atoms with E-state index >= 15 is 0 Å². The molecule has 3 aromatic rings. The van der Waals surface area contributed by atoms with Crippen LogP contribution in [0.2, 0.25) is 0 Å². The Balaban J connectivity index is 1.98. The highest BCUT2D eigenvalue weighted by Crippen LogP contribution is 2.26. The Bertz CT molecular complexity index is 818. The highest BCUT2D eigenvalue weighted by atomic mass is 16.5. The first kappa shape index (κ1) is 13.5. The Morgan fingerprint density at radius 2 is 1.90 bits per heavy atom. The van der Waals surface area contributed by atoms with Gasteiger partial charge in [0.15, 0.2) is 5.58 Å². The van der Waals surface area contributed by atoms with E-state index in [0.717, 1.165) is 0 Å². The van der Waals surface area contributed by atoms with Gasteiger partial charge in [-0.15, -0.1) is 0 Å². The van der Waals surface area contributed by atoms with E-state index in [4.69, 9.17) is 9.15 Å². The normalized spacial score (nSPS) is 12.5. The molecule has 0 bridgehead atoms. The zero-order valence-electron chi connectivity index (χ0n) is 11.5. The van der Waals surface area contributed by atoms with Crippen molar-refractivity contribution in [1.29, 1.82) is 0 Å². The van der Waals surface area contributed by atoms with Crippen LogP contribution in [0.4, 0.5) is 0 Å². The number of benzene rings is 2. The van der Waals surface area contributed by atoms with Gasteiger partial charge in [0.2, 0.25) is 0 Å². The summed E-state index contributed by atoms with van der Waals surface area (Å²) in [6.45, 7) is 0.107. The number of nitrogens with zero attached hydrogens (tertiary/aromatic N) is 1. The average Bonchev–Trinajstić information content (AvgIpc) is 2.83. The number of para-hydroxylation sites is 3. The minimum atomic E-state index is -0.861. The maximum absolute atomic E-state index is 11.9. The van der Waals surface area contributed by atoms with E-state index in [1.54, 1.807) is 37.4 Å². The average molecular weight is 285 g/mol. The van der Waals surface area contributed by atoms with Crippen molar-refractivity contribution < 1.29 is 14.3 Å². The smallest absolute Gasteiger partial charge is 0.420 e. The van der Waals surface area contributed by atoms with Crippen molar-refractivity contribution in [2.24, 2.45) is 0 Å². The maximum Gasteiger partial charge on any atom is 0.420 e. The number of methoxy groups -OCH3 is 1. The first-order valence-electron chi connectivity index (χ1n) is 6.60. The highest BCUT2D eigenvalue weighted by Gasteiger charge is 2.17. The molecule has 0 spiro atoms. The number of rotatable bonds is 4. The molecule has 1 heterocycles. The molecular weight excluding hydrogens is 270 g/mol. The zero-order chi connectivity index (χ0) is 14.8.